The van der Waals surface area contributed by atoms with Crippen LogP contribution >= 0.6 is 0 Å². The van der Waals surface area contributed by atoms with Crippen LogP contribution in [0.2, 0.25) is 0 Å². The lowest BCUT2D eigenvalue weighted by Gasteiger charge is -2.09. The molecule has 0 fully saturated rings. The van der Waals surface area contributed by atoms with Gasteiger partial charge in [0.2, 0.25) is 0 Å². The van der Waals surface area contributed by atoms with E-state index in [1.54, 1.807) is 0 Å². The summed E-state index contributed by atoms with van der Waals surface area (Å²) in [6.45, 7) is 7.60. The first-order chi connectivity index (χ1) is 12.8. The first-order valence-corrected chi connectivity index (χ1v) is 9.98. The van der Waals surface area contributed by atoms with Crippen molar-refractivity contribution < 1.29 is 0 Å². The highest BCUT2D eigenvalue weighted by Gasteiger charge is 2.04. The van der Waals surface area contributed by atoms with Crippen molar-refractivity contribution in [2.24, 2.45) is 0 Å². The quantitative estimate of drug-likeness (QED) is 0.200. The molecule has 0 atom stereocenters. The lowest BCUT2D eigenvalue weighted by Crippen LogP contribution is -1.88. The van der Waals surface area contributed by atoms with Crippen molar-refractivity contribution in [2.45, 2.75) is 51.4 Å². The third kappa shape index (κ3) is 4.64. The van der Waals surface area contributed by atoms with Crippen molar-refractivity contribution in [1.82, 2.24) is 0 Å². The minimum atomic E-state index is 1.12. The molecule has 0 amide bonds. The second-order valence-electron chi connectivity index (χ2n) is 7.25. The molecule has 0 saturated heterocycles. The van der Waals surface area contributed by atoms with Crippen molar-refractivity contribution >= 4 is 21.5 Å². The summed E-state index contributed by atoms with van der Waals surface area (Å²) in [5.74, 6) is 0. The van der Waals surface area contributed by atoms with E-state index in [-0.39, 0.29) is 0 Å². The first kappa shape index (κ1) is 18.5. The van der Waals surface area contributed by atoms with Crippen LogP contribution < -0.4 is 0 Å². The highest BCUT2D eigenvalue weighted by atomic mass is 14.1. The van der Waals surface area contributed by atoms with Gasteiger partial charge in [-0.25, -0.2) is 0 Å². The summed E-state index contributed by atoms with van der Waals surface area (Å²) in [6, 6.07) is 18.5. The van der Waals surface area contributed by atoms with Crippen LogP contribution in [-0.2, 0) is 12.8 Å². The van der Waals surface area contributed by atoms with E-state index >= 15 is 0 Å². The van der Waals surface area contributed by atoms with Crippen LogP contribution in [0, 0.1) is 0 Å². The third-order valence-corrected chi connectivity index (χ3v) is 5.21. The second-order valence-corrected chi connectivity index (χ2v) is 7.25. The van der Waals surface area contributed by atoms with Gasteiger partial charge < -0.3 is 0 Å². The van der Waals surface area contributed by atoms with Gasteiger partial charge in [0.15, 0.2) is 0 Å². The van der Waals surface area contributed by atoms with Crippen LogP contribution in [0.5, 0.6) is 0 Å². The maximum atomic E-state index is 3.80. The van der Waals surface area contributed by atoms with Gasteiger partial charge in [0, 0.05) is 0 Å². The van der Waals surface area contributed by atoms with Crippen LogP contribution in [0.25, 0.3) is 21.5 Å². The zero-order valence-corrected chi connectivity index (χ0v) is 15.8. The largest absolute Gasteiger partial charge is 0.103 e. The van der Waals surface area contributed by atoms with E-state index in [9.17, 15) is 0 Å². The van der Waals surface area contributed by atoms with Gasteiger partial charge in [0.1, 0.15) is 0 Å². The van der Waals surface area contributed by atoms with E-state index in [4.69, 9.17) is 0 Å². The van der Waals surface area contributed by atoms with Crippen LogP contribution in [0.4, 0.5) is 0 Å². The molecule has 0 aromatic heterocycles. The lowest BCUT2D eigenvalue weighted by atomic mass is 9.96. The van der Waals surface area contributed by atoms with E-state index in [0.29, 0.717) is 0 Å². The average molecular weight is 343 g/mol. The predicted molar refractivity (Wildman–Crippen MR) is 117 cm³/mol. The molecule has 0 saturated carbocycles. The highest BCUT2D eigenvalue weighted by molar-refractivity contribution is 6.07. The molecule has 26 heavy (non-hydrogen) atoms. The smallest absolute Gasteiger partial charge is 0.0105 e. The van der Waals surface area contributed by atoms with Gasteiger partial charge in [-0.05, 0) is 84.0 Å². The standard InChI is InChI=1S/C26H30/c1-3-5-7-9-11-21-13-17-25-23(19-21)15-16-24-20-22(14-18-26(24)25)12-10-8-6-4-2/h3-4,13-20H,1-2,5-12H2. The fraction of sp³-hybridized carbons (Fsp3) is 0.308. The molecule has 0 heteroatoms. The molecule has 3 aromatic carbocycles. The predicted octanol–water partition coefficient (Wildman–Crippen LogP) is 7.79. The summed E-state index contributed by atoms with van der Waals surface area (Å²) in [4.78, 5) is 0. The van der Waals surface area contributed by atoms with Gasteiger partial charge in [-0.15, -0.1) is 13.2 Å². The van der Waals surface area contributed by atoms with Crippen LogP contribution in [0.3, 0.4) is 0 Å². The fourth-order valence-electron chi connectivity index (χ4n) is 3.72. The molecule has 3 rings (SSSR count). The number of rotatable bonds is 10. The van der Waals surface area contributed by atoms with E-state index in [1.165, 1.54) is 58.4 Å². The Morgan fingerprint density at radius 3 is 1.46 bits per heavy atom. The van der Waals surface area contributed by atoms with E-state index in [1.807, 2.05) is 12.2 Å². The Labute approximate surface area is 158 Å². The molecule has 0 unspecified atom stereocenters. The zero-order valence-electron chi connectivity index (χ0n) is 15.8. The number of hydrogen-bond acceptors (Lipinski definition) is 0. The number of benzene rings is 3. The van der Waals surface area contributed by atoms with Gasteiger partial charge in [0.25, 0.3) is 0 Å². The summed E-state index contributed by atoms with van der Waals surface area (Å²) in [7, 11) is 0. The Hall–Kier alpha value is -2.34. The molecule has 0 N–H and O–H groups in total. The normalized spacial score (nSPS) is 11.1. The van der Waals surface area contributed by atoms with Crippen LogP contribution in [-0.4, -0.2) is 0 Å². The molecule has 0 nitrogen and oxygen atoms in total. The Kier molecular flexibility index (Phi) is 6.66. The molecule has 0 bridgehead atoms. The maximum absolute atomic E-state index is 3.80. The Morgan fingerprint density at radius 1 is 0.577 bits per heavy atom. The number of allylic oxidation sites excluding steroid dienone is 2. The first-order valence-electron chi connectivity index (χ1n) is 9.98. The van der Waals surface area contributed by atoms with E-state index < -0.39 is 0 Å². The molecule has 134 valence electrons. The van der Waals surface area contributed by atoms with Gasteiger partial charge in [-0.2, -0.15) is 0 Å². The minimum Gasteiger partial charge on any atom is -0.103 e. The summed E-state index contributed by atoms with van der Waals surface area (Å²) in [5, 5.41) is 5.46. The summed E-state index contributed by atoms with van der Waals surface area (Å²) in [5.41, 5.74) is 2.89. The highest BCUT2D eigenvalue weighted by Crippen LogP contribution is 2.28. The number of hydrogen-bond donors (Lipinski definition) is 0. The monoisotopic (exact) mass is 342 g/mol. The SMILES string of the molecule is C=CCCCCc1ccc2c(ccc3cc(CCCCC=C)ccc32)c1. The molecule has 0 aliphatic heterocycles. The minimum absolute atomic E-state index is 1.12. The van der Waals surface area contributed by atoms with Crippen molar-refractivity contribution in [3.8, 4) is 0 Å². The molecule has 0 aliphatic carbocycles. The molecular weight excluding hydrogens is 312 g/mol. The molecule has 0 spiro atoms. The van der Waals surface area contributed by atoms with Gasteiger partial charge >= 0.3 is 0 Å². The van der Waals surface area contributed by atoms with Crippen molar-refractivity contribution in [1.29, 1.82) is 0 Å². The Bertz CT molecular complexity index is 810. The fourth-order valence-corrected chi connectivity index (χ4v) is 3.72. The zero-order chi connectivity index (χ0) is 18.2. The molecular formula is C26H30. The van der Waals surface area contributed by atoms with Crippen molar-refractivity contribution in [2.75, 3.05) is 0 Å². The van der Waals surface area contributed by atoms with Crippen LogP contribution in [0.1, 0.15) is 49.7 Å². The second kappa shape index (κ2) is 9.38. The Balaban J connectivity index is 1.77. The molecule has 0 aliphatic rings. The van der Waals surface area contributed by atoms with E-state index in [2.05, 4.69) is 61.7 Å². The van der Waals surface area contributed by atoms with E-state index in [0.717, 1.165) is 25.7 Å². The number of unbranched alkanes of at least 4 members (excludes halogenated alkanes) is 4. The summed E-state index contributed by atoms with van der Waals surface area (Å²) >= 11 is 0. The number of fused-ring (bicyclic) bond motifs is 3. The van der Waals surface area contributed by atoms with Gasteiger partial charge in [-0.1, -0.05) is 60.7 Å². The summed E-state index contributed by atoms with van der Waals surface area (Å²) < 4.78 is 0. The molecule has 0 heterocycles. The third-order valence-electron chi connectivity index (χ3n) is 5.21. The molecule has 3 aromatic rings. The molecule has 0 radical (unpaired) electrons. The van der Waals surface area contributed by atoms with Crippen molar-refractivity contribution in [3.05, 3.63) is 85.0 Å². The summed E-state index contributed by atoms with van der Waals surface area (Å²) in [6.07, 6.45) is 13.5. The van der Waals surface area contributed by atoms with Crippen molar-refractivity contribution in [3.63, 3.8) is 0 Å². The number of aryl methyl sites for hydroxylation is 2. The average Bonchev–Trinajstić information content (AvgIpc) is 2.68. The lowest BCUT2D eigenvalue weighted by molar-refractivity contribution is 0.749. The van der Waals surface area contributed by atoms with Gasteiger partial charge in [-0.3, -0.25) is 0 Å². The van der Waals surface area contributed by atoms with Crippen LogP contribution in [0.15, 0.2) is 73.8 Å². The topological polar surface area (TPSA) is 0 Å². The Morgan fingerprint density at radius 2 is 1.04 bits per heavy atom. The van der Waals surface area contributed by atoms with Gasteiger partial charge in [0.05, 0.1) is 0 Å². The maximum Gasteiger partial charge on any atom is -0.0105 e.